The van der Waals surface area contributed by atoms with Gasteiger partial charge in [-0.1, -0.05) is 58.9 Å². The molecule has 0 aromatic heterocycles. The first-order valence-electron chi connectivity index (χ1n) is 13.8. The largest absolute Gasteiger partial charge is 0.508 e. The van der Waals surface area contributed by atoms with Crippen molar-refractivity contribution in [3.8, 4) is 5.75 Å². The average Bonchev–Trinajstić information content (AvgIpc) is 2.87. The summed E-state index contributed by atoms with van der Waals surface area (Å²) in [5.74, 6) is -1.48. The van der Waals surface area contributed by atoms with Crippen molar-refractivity contribution in [3.63, 3.8) is 0 Å². The number of phenolic OH excluding ortho intramolecular Hbond substituents is 1. The molecule has 0 aliphatic carbocycles. The number of hydrogen-bond donors (Lipinski definition) is 4. The highest BCUT2D eigenvalue weighted by Crippen LogP contribution is 2.31. The van der Waals surface area contributed by atoms with Crippen LogP contribution in [0.5, 0.6) is 5.75 Å². The summed E-state index contributed by atoms with van der Waals surface area (Å²) < 4.78 is 13.3. The summed E-state index contributed by atoms with van der Waals surface area (Å²) >= 11 is 0. The number of aromatic hydroxyl groups is 1. The number of nitrogens with one attached hydrogen (secondary N) is 3. The van der Waals surface area contributed by atoms with E-state index < -0.39 is 24.0 Å². The molecule has 0 heterocycles. The standard InChI is InChI=1S/C31H45FN4O4/c1-9-34-28(38)24(18-21-12-15-26(37)23(16-21)31(4,5)6)35-29(39)27(19(2)3)36(8)30(40)25(33-7)17-20-10-13-22(32)14-11-20/h10-16,19,24-25,27,33,37H,9,17-18H2,1-8H3,(H,34,38)(H,35,39)/t24-,25-,27-/m0/s1. The van der Waals surface area contributed by atoms with Gasteiger partial charge in [0.25, 0.3) is 0 Å². The van der Waals surface area contributed by atoms with Gasteiger partial charge in [-0.15, -0.1) is 0 Å². The van der Waals surface area contributed by atoms with Crippen LogP contribution in [0.1, 0.15) is 58.2 Å². The maximum absolute atomic E-state index is 13.6. The predicted molar refractivity (Wildman–Crippen MR) is 155 cm³/mol. The van der Waals surface area contributed by atoms with Gasteiger partial charge in [-0.05, 0) is 66.6 Å². The first-order chi connectivity index (χ1) is 18.7. The van der Waals surface area contributed by atoms with Gasteiger partial charge in [-0.25, -0.2) is 4.39 Å². The molecule has 0 aliphatic heterocycles. The van der Waals surface area contributed by atoms with Gasteiger partial charge in [0.15, 0.2) is 0 Å². The fourth-order valence-electron chi connectivity index (χ4n) is 4.79. The van der Waals surface area contributed by atoms with E-state index in [1.807, 2.05) is 40.7 Å². The first kappa shape index (κ1) is 32.8. The van der Waals surface area contributed by atoms with Crippen LogP contribution in [0.15, 0.2) is 42.5 Å². The number of carbonyl (C=O) groups is 3. The molecule has 2 aromatic rings. The number of phenols is 1. The Bertz CT molecular complexity index is 1160. The molecule has 0 aliphatic rings. The molecule has 0 saturated heterocycles. The molecule has 9 heteroatoms. The van der Waals surface area contributed by atoms with Gasteiger partial charge < -0.3 is 26.0 Å². The lowest BCUT2D eigenvalue weighted by Gasteiger charge is -2.34. The summed E-state index contributed by atoms with van der Waals surface area (Å²) in [4.78, 5) is 41.6. The molecule has 8 nitrogen and oxygen atoms in total. The maximum Gasteiger partial charge on any atom is 0.243 e. The zero-order chi connectivity index (χ0) is 30.2. The van der Waals surface area contributed by atoms with Crippen molar-refractivity contribution in [2.75, 3.05) is 20.6 Å². The van der Waals surface area contributed by atoms with Crippen molar-refractivity contribution in [3.05, 3.63) is 65.0 Å². The number of hydrogen-bond acceptors (Lipinski definition) is 5. The molecular formula is C31H45FN4O4. The third kappa shape index (κ3) is 8.78. The molecular weight excluding hydrogens is 511 g/mol. The minimum Gasteiger partial charge on any atom is -0.508 e. The summed E-state index contributed by atoms with van der Waals surface area (Å²) in [6.07, 6.45) is 0.540. The Hall–Kier alpha value is -3.46. The molecule has 3 amide bonds. The van der Waals surface area contributed by atoms with E-state index in [2.05, 4.69) is 16.0 Å². The van der Waals surface area contributed by atoms with Crippen molar-refractivity contribution in [2.45, 2.75) is 77.9 Å². The van der Waals surface area contributed by atoms with Crippen molar-refractivity contribution >= 4 is 17.7 Å². The Balaban J connectivity index is 2.28. The zero-order valence-electron chi connectivity index (χ0n) is 25.0. The Labute approximate surface area is 237 Å². The van der Waals surface area contributed by atoms with Crippen molar-refractivity contribution in [1.29, 1.82) is 0 Å². The lowest BCUT2D eigenvalue weighted by atomic mass is 9.84. The van der Waals surface area contributed by atoms with E-state index >= 15 is 0 Å². The fraction of sp³-hybridized carbons (Fsp3) is 0.516. The molecule has 2 rings (SSSR count). The predicted octanol–water partition coefficient (Wildman–Crippen LogP) is 3.31. The average molecular weight is 557 g/mol. The van der Waals surface area contributed by atoms with Gasteiger partial charge in [0, 0.05) is 20.0 Å². The lowest BCUT2D eigenvalue weighted by molar-refractivity contribution is -0.142. The number of halogens is 1. The quantitative estimate of drug-likeness (QED) is 0.321. The molecule has 2 aromatic carbocycles. The third-order valence-corrected chi connectivity index (χ3v) is 6.96. The number of rotatable bonds is 12. The van der Waals surface area contributed by atoms with Gasteiger partial charge in [0.2, 0.25) is 17.7 Å². The van der Waals surface area contributed by atoms with E-state index in [0.29, 0.717) is 13.0 Å². The van der Waals surface area contributed by atoms with E-state index in [-0.39, 0.29) is 41.1 Å². The molecule has 0 bridgehead atoms. The summed E-state index contributed by atoms with van der Waals surface area (Å²) in [5, 5.41) is 19.0. The number of nitrogens with zero attached hydrogens (tertiary/aromatic N) is 1. The van der Waals surface area contributed by atoms with Gasteiger partial charge in [0.1, 0.15) is 23.7 Å². The van der Waals surface area contributed by atoms with Crippen LogP contribution in [-0.2, 0) is 32.6 Å². The highest BCUT2D eigenvalue weighted by Gasteiger charge is 2.35. The highest BCUT2D eigenvalue weighted by molar-refractivity contribution is 5.93. The summed E-state index contributed by atoms with van der Waals surface area (Å²) in [6, 6.07) is 8.82. The Morgan fingerprint density at radius 1 is 0.950 bits per heavy atom. The van der Waals surface area contributed by atoms with Crippen LogP contribution >= 0.6 is 0 Å². The second-order valence-electron chi connectivity index (χ2n) is 11.6. The molecule has 3 atom stereocenters. The monoisotopic (exact) mass is 556 g/mol. The molecule has 0 saturated carbocycles. The minimum atomic E-state index is -0.881. The number of amides is 3. The van der Waals surface area contributed by atoms with E-state index in [1.165, 1.54) is 17.0 Å². The molecule has 40 heavy (non-hydrogen) atoms. The number of carbonyl (C=O) groups excluding carboxylic acids is 3. The second kappa shape index (κ2) is 14.3. The Morgan fingerprint density at radius 3 is 2.05 bits per heavy atom. The normalized spacial score (nSPS) is 13.8. The van der Waals surface area contributed by atoms with Crippen molar-refractivity contribution in [2.24, 2.45) is 5.92 Å². The fourth-order valence-corrected chi connectivity index (χ4v) is 4.79. The van der Waals surface area contributed by atoms with Crippen molar-refractivity contribution in [1.82, 2.24) is 20.9 Å². The molecule has 220 valence electrons. The molecule has 0 unspecified atom stereocenters. The first-order valence-corrected chi connectivity index (χ1v) is 13.8. The summed E-state index contributed by atoms with van der Waals surface area (Å²) in [5.41, 5.74) is 2.01. The smallest absolute Gasteiger partial charge is 0.243 e. The van der Waals surface area contributed by atoms with E-state index in [0.717, 1.165) is 16.7 Å². The van der Waals surface area contributed by atoms with E-state index in [9.17, 15) is 23.9 Å². The van der Waals surface area contributed by atoms with Crippen LogP contribution in [-0.4, -0.2) is 66.5 Å². The van der Waals surface area contributed by atoms with Crippen LogP contribution in [0.25, 0.3) is 0 Å². The van der Waals surface area contributed by atoms with Gasteiger partial charge >= 0.3 is 0 Å². The molecule has 0 fully saturated rings. The second-order valence-corrected chi connectivity index (χ2v) is 11.6. The van der Waals surface area contributed by atoms with Gasteiger partial charge in [-0.2, -0.15) is 0 Å². The van der Waals surface area contributed by atoms with E-state index in [4.69, 9.17) is 0 Å². The molecule has 4 N–H and O–H groups in total. The van der Waals surface area contributed by atoms with Crippen LogP contribution < -0.4 is 16.0 Å². The minimum absolute atomic E-state index is 0.176. The van der Waals surface area contributed by atoms with Crippen LogP contribution in [0.2, 0.25) is 0 Å². The number of benzene rings is 2. The summed E-state index contributed by atoms with van der Waals surface area (Å²) in [7, 11) is 3.25. The molecule has 0 radical (unpaired) electrons. The maximum atomic E-state index is 13.6. The molecule has 0 spiro atoms. The topological polar surface area (TPSA) is 111 Å². The summed E-state index contributed by atoms with van der Waals surface area (Å²) in [6.45, 7) is 11.9. The zero-order valence-corrected chi connectivity index (χ0v) is 25.0. The van der Waals surface area contributed by atoms with Crippen LogP contribution in [0.4, 0.5) is 4.39 Å². The number of likely N-dealkylation sites (N-methyl/N-ethyl adjacent to an activating group) is 3. The Kier molecular flexibility index (Phi) is 11.7. The van der Waals surface area contributed by atoms with Crippen LogP contribution in [0.3, 0.4) is 0 Å². The SMILES string of the molecule is CCNC(=O)[C@H](Cc1ccc(O)c(C(C)(C)C)c1)NC(=O)[C@H](C(C)C)N(C)C(=O)[C@H](Cc1ccc(F)cc1)NC. The lowest BCUT2D eigenvalue weighted by Crippen LogP contribution is -2.58. The third-order valence-electron chi connectivity index (χ3n) is 6.96. The van der Waals surface area contributed by atoms with Crippen molar-refractivity contribution < 1.29 is 23.9 Å². The van der Waals surface area contributed by atoms with Crippen LogP contribution in [0, 0.1) is 11.7 Å². The highest BCUT2D eigenvalue weighted by atomic mass is 19.1. The van der Waals surface area contributed by atoms with E-state index in [1.54, 1.807) is 45.3 Å². The Morgan fingerprint density at radius 2 is 1.52 bits per heavy atom. The van der Waals surface area contributed by atoms with Gasteiger partial charge in [-0.3, -0.25) is 14.4 Å². The van der Waals surface area contributed by atoms with Gasteiger partial charge in [0.05, 0.1) is 6.04 Å².